The van der Waals surface area contributed by atoms with Crippen molar-refractivity contribution in [3.05, 3.63) is 11.1 Å². The van der Waals surface area contributed by atoms with Gasteiger partial charge in [0.05, 0.1) is 5.69 Å². The zero-order valence-corrected chi connectivity index (χ0v) is 12.9. The number of amides is 1. The summed E-state index contributed by atoms with van der Waals surface area (Å²) < 4.78 is 0. The van der Waals surface area contributed by atoms with Crippen LogP contribution in [0.3, 0.4) is 0 Å². The molecule has 1 amide bonds. The summed E-state index contributed by atoms with van der Waals surface area (Å²) in [5.74, 6) is 0.343. The number of piperidine rings is 1. The molecular formula is C14H23N3O2S. The number of nitrogens with zero attached hydrogens (tertiary/aromatic N) is 2. The van der Waals surface area contributed by atoms with Gasteiger partial charge in [-0.25, -0.2) is 4.98 Å². The first-order valence-electron chi connectivity index (χ1n) is 7.15. The number of nitrogens with one attached hydrogen (secondary N) is 1. The molecule has 1 unspecified atom stereocenters. The van der Waals surface area contributed by atoms with Crippen molar-refractivity contribution in [2.24, 2.45) is 11.8 Å². The Balaban J connectivity index is 1.77. The number of aliphatic hydroxyl groups excluding tert-OH is 1. The molecule has 0 aliphatic carbocycles. The molecule has 0 spiro atoms. The van der Waals surface area contributed by atoms with Crippen molar-refractivity contribution in [2.75, 3.05) is 31.1 Å². The Morgan fingerprint density at radius 2 is 2.30 bits per heavy atom. The Morgan fingerprint density at radius 3 is 2.85 bits per heavy atom. The number of carbonyl (C=O) groups is 1. The van der Waals surface area contributed by atoms with E-state index in [4.69, 9.17) is 5.11 Å². The van der Waals surface area contributed by atoms with Gasteiger partial charge in [0.25, 0.3) is 0 Å². The van der Waals surface area contributed by atoms with Crippen LogP contribution in [0.4, 0.5) is 5.13 Å². The molecule has 112 valence electrons. The number of hydrogen-bond acceptors (Lipinski definition) is 5. The van der Waals surface area contributed by atoms with Gasteiger partial charge in [0.1, 0.15) is 0 Å². The lowest BCUT2D eigenvalue weighted by Gasteiger charge is -2.31. The van der Waals surface area contributed by atoms with Crippen LogP contribution in [0, 0.1) is 18.8 Å². The van der Waals surface area contributed by atoms with Crippen molar-refractivity contribution >= 4 is 22.4 Å². The fraction of sp³-hybridized carbons (Fsp3) is 0.714. The van der Waals surface area contributed by atoms with Crippen LogP contribution in [-0.2, 0) is 4.79 Å². The van der Waals surface area contributed by atoms with E-state index in [2.05, 4.69) is 20.6 Å². The van der Waals surface area contributed by atoms with Gasteiger partial charge in [-0.05, 0) is 25.7 Å². The number of rotatable bonds is 5. The van der Waals surface area contributed by atoms with Crippen LogP contribution < -0.4 is 10.2 Å². The molecule has 0 aromatic carbocycles. The first-order valence-corrected chi connectivity index (χ1v) is 8.03. The van der Waals surface area contributed by atoms with E-state index in [-0.39, 0.29) is 24.3 Å². The summed E-state index contributed by atoms with van der Waals surface area (Å²) in [6, 6.07) is 0. The zero-order chi connectivity index (χ0) is 14.5. The summed E-state index contributed by atoms with van der Waals surface area (Å²) in [7, 11) is 0. The maximum atomic E-state index is 12.0. The molecular weight excluding hydrogens is 274 g/mol. The lowest BCUT2D eigenvalue weighted by molar-refractivity contribution is -0.125. The van der Waals surface area contributed by atoms with Crippen LogP contribution >= 0.6 is 11.3 Å². The first kappa shape index (κ1) is 15.3. The molecule has 20 heavy (non-hydrogen) atoms. The molecule has 6 heteroatoms. The Morgan fingerprint density at radius 1 is 1.60 bits per heavy atom. The highest BCUT2D eigenvalue weighted by molar-refractivity contribution is 7.13. The van der Waals surface area contributed by atoms with Crippen molar-refractivity contribution in [3.8, 4) is 0 Å². The minimum atomic E-state index is 0.0956. The Hall–Kier alpha value is -1.14. The average molecular weight is 297 g/mol. The van der Waals surface area contributed by atoms with Crippen molar-refractivity contribution in [1.82, 2.24) is 10.3 Å². The van der Waals surface area contributed by atoms with Crippen LogP contribution in [0.15, 0.2) is 5.38 Å². The Bertz CT molecular complexity index is 441. The number of aliphatic hydroxyl groups is 1. The number of aromatic nitrogens is 1. The fourth-order valence-electron chi connectivity index (χ4n) is 2.30. The topological polar surface area (TPSA) is 65.5 Å². The van der Waals surface area contributed by atoms with Gasteiger partial charge in [-0.3, -0.25) is 4.79 Å². The summed E-state index contributed by atoms with van der Waals surface area (Å²) in [6.45, 7) is 6.38. The standard InChI is InChI=1S/C14H23N3O2S/c1-10(8-18)7-15-13(19)12-3-5-17(6-4-12)14-16-11(2)9-20-14/h9-10,12,18H,3-8H2,1-2H3,(H,15,19). The van der Waals surface area contributed by atoms with E-state index in [1.165, 1.54) is 0 Å². The van der Waals surface area contributed by atoms with Gasteiger partial charge in [0.2, 0.25) is 5.91 Å². The van der Waals surface area contributed by atoms with E-state index in [1.807, 2.05) is 13.8 Å². The molecule has 2 N–H and O–H groups in total. The van der Waals surface area contributed by atoms with Crippen LogP contribution in [0.2, 0.25) is 0 Å². The summed E-state index contributed by atoms with van der Waals surface area (Å²) in [6.07, 6.45) is 1.75. The smallest absolute Gasteiger partial charge is 0.223 e. The molecule has 2 heterocycles. The van der Waals surface area contributed by atoms with Crippen LogP contribution in [0.5, 0.6) is 0 Å². The molecule has 1 aromatic rings. The van der Waals surface area contributed by atoms with Gasteiger partial charge < -0.3 is 15.3 Å². The predicted octanol–water partition coefficient (Wildman–Crippen LogP) is 1.41. The second kappa shape index (κ2) is 7.04. The van der Waals surface area contributed by atoms with Crippen LogP contribution in [0.1, 0.15) is 25.5 Å². The van der Waals surface area contributed by atoms with E-state index in [0.29, 0.717) is 6.54 Å². The third kappa shape index (κ3) is 3.93. The van der Waals surface area contributed by atoms with Crippen LogP contribution in [0.25, 0.3) is 0 Å². The van der Waals surface area contributed by atoms with E-state index in [0.717, 1.165) is 36.8 Å². The summed E-state index contributed by atoms with van der Waals surface area (Å²) in [5, 5.41) is 15.0. The number of hydrogen-bond donors (Lipinski definition) is 2. The molecule has 0 radical (unpaired) electrons. The third-order valence-electron chi connectivity index (χ3n) is 3.68. The summed E-state index contributed by atoms with van der Waals surface area (Å²) in [5.41, 5.74) is 1.06. The largest absolute Gasteiger partial charge is 0.396 e. The number of aryl methyl sites for hydroxylation is 1. The molecule has 0 bridgehead atoms. The van der Waals surface area contributed by atoms with Crippen molar-refractivity contribution in [1.29, 1.82) is 0 Å². The Labute approximate surface area is 124 Å². The predicted molar refractivity (Wildman–Crippen MR) is 81.0 cm³/mol. The van der Waals surface area contributed by atoms with Crippen molar-refractivity contribution in [3.63, 3.8) is 0 Å². The lowest BCUT2D eigenvalue weighted by Crippen LogP contribution is -2.41. The monoisotopic (exact) mass is 297 g/mol. The highest BCUT2D eigenvalue weighted by Gasteiger charge is 2.26. The van der Waals surface area contributed by atoms with Gasteiger partial charge >= 0.3 is 0 Å². The van der Waals surface area contributed by atoms with Gasteiger partial charge in [-0.2, -0.15) is 0 Å². The van der Waals surface area contributed by atoms with Gasteiger partial charge in [-0.1, -0.05) is 6.92 Å². The minimum absolute atomic E-state index is 0.0956. The third-order valence-corrected chi connectivity index (χ3v) is 4.70. The molecule has 1 atom stereocenters. The normalized spacial score (nSPS) is 18.1. The molecule has 1 saturated heterocycles. The number of anilines is 1. The van der Waals surface area contributed by atoms with Gasteiger partial charge in [0.15, 0.2) is 5.13 Å². The highest BCUT2D eigenvalue weighted by atomic mass is 32.1. The maximum absolute atomic E-state index is 12.0. The molecule has 1 fully saturated rings. The second-order valence-corrected chi connectivity index (χ2v) is 6.40. The van der Waals surface area contributed by atoms with E-state index in [9.17, 15) is 4.79 Å². The molecule has 1 aliphatic heterocycles. The minimum Gasteiger partial charge on any atom is -0.396 e. The fourth-order valence-corrected chi connectivity index (χ4v) is 3.16. The highest BCUT2D eigenvalue weighted by Crippen LogP contribution is 2.26. The first-order chi connectivity index (χ1) is 9.60. The van der Waals surface area contributed by atoms with E-state index < -0.39 is 0 Å². The number of thiazole rings is 1. The molecule has 1 aliphatic rings. The average Bonchev–Trinajstić information content (AvgIpc) is 2.91. The summed E-state index contributed by atoms with van der Waals surface area (Å²) in [4.78, 5) is 18.8. The van der Waals surface area contributed by atoms with E-state index in [1.54, 1.807) is 11.3 Å². The summed E-state index contributed by atoms with van der Waals surface area (Å²) >= 11 is 1.67. The van der Waals surface area contributed by atoms with Crippen LogP contribution in [-0.4, -0.2) is 42.2 Å². The van der Waals surface area contributed by atoms with Gasteiger partial charge in [-0.15, -0.1) is 11.3 Å². The van der Waals surface area contributed by atoms with Crippen molar-refractivity contribution < 1.29 is 9.90 Å². The molecule has 0 saturated carbocycles. The quantitative estimate of drug-likeness (QED) is 0.862. The lowest BCUT2D eigenvalue weighted by atomic mass is 9.96. The molecule has 5 nitrogen and oxygen atoms in total. The van der Waals surface area contributed by atoms with Gasteiger partial charge in [0, 0.05) is 37.5 Å². The van der Waals surface area contributed by atoms with E-state index >= 15 is 0 Å². The number of carbonyl (C=O) groups excluding carboxylic acids is 1. The molecule has 1 aromatic heterocycles. The Kier molecular flexibility index (Phi) is 5.37. The maximum Gasteiger partial charge on any atom is 0.223 e. The SMILES string of the molecule is Cc1csc(N2CCC(C(=O)NCC(C)CO)CC2)n1. The second-order valence-electron chi connectivity index (χ2n) is 5.57. The zero-order valence-electron chi connectivity index (χ0n) is 12.1. The molecule has 2 rings (SSSR count). The van der Waals surface area contributed by atoms with Crippen molar-refractivity contribution in [2.45, 2.75) is 26.7 Å².